The third-order valence-electron chi connectivity index (χ3n) is 9.42. The predicted octanol–water partition coefficient (Wildman–Crippen LogP) is 2.38. The fourth-order valence-corrected chi connectivity index (χ4v) is 7.18. The second kappa shape index (κ2) is 14.1. The lowest BCUT2D eigenvalue weighted by atomic mass is 9.78. The average molecular weight is 646 g/mol. The van der Waals surface area contributed by atoms with Crippen LogP contribution >= 0.6 is 0 Å². The molecule has 46 heavy (non-hydrogen) atoms. The van der Waals surface area contributed by atoms with Crippen LogP contribution in [0, 0.1) is 5.92 Å². The summed E-state index contributed by atoms with van der Waals surface area (Å²) in [5.74, 6) is -2.81. The second-order valence-corrected chi connectivity index (χ2v) is 14.8. The van der Waals surface area contributed by atoms with Gasteiger partial charge >= 0.3 is 6.09 Å². The molecule has 4 rings (SSSR count). The first-order valence-electron chi connectivity index (χ1n) is 16.6. The van der Waals surface area contributed by atoms with Crippen molar-refractivity contribution in [1.29, 1.82) is 0 Å². The lowest BCUT2D eigenvalue weighted by Gasteiger charge is -2.38. The number of ether oxygens (including phenoxy) is 1. The number of likely N-dealkylation sites (tertiary alicyclic amines) is 1. The molecule has 0 spiro atoms. The van der Waals surface area contributed by atoms with Crippen molar-refractivity contribution in [3.63, 3.8) is 0 Å². The molecule has 1 aromatic heterocycles. The number of ketones is 1. The highest BCUT2D eigenvalue weighted by atomic mass is 16.6. The molecule has 0 radical (unpaired) electrons. The molecule has 0 unspecified atom stereocenters. The Morgan fingerprint density at radius 1 is 1.04 bits per heavy atom. The van der Waals surface area contributed by atoms with Crippen molar-refractivity contribution >= 4 is 29.6 Å². The topological polar surface area (TPSA) is 199 Å². The Labute approximate surface area is 270 Å². The maximum atomic E-state index is 14.5. The number of hydrogen-bond acceptors (Lipinski definition) is 9. The van der Waals surface area contributed by atoms with Crippen LogP contribution in [0.2, 0.25) is 0 Å². The van der Waals surface area contributed by atoms with Gasteiger partial charge in [-0.15, -0.1) is 5.10 Å². The summed E-state index contributed by atoms with van der Waals surface area (Å²) in [5.41, 5.74) is 2.29. The molecule has 2 saturated carbocycles. The van der Waals surface area contributed by atoms with E-state index in [4.69, 9.17) is 10.5 Å². The minimum atomic E-state index is -1.45. The molecule has 14 heteroatoms. The highest BCUT2D eigenvalue weighted by Gasteiger charge is 2.49. The Morgan fingerprint density at radius 2 is 1.67 bits per heavy atom. The molecule has 2 aliphatic carbocycles. The summed E-state index contributed by atoms with van der Waals surface area (Å²) in [4.78, 5) is 68.2. The van der Waals surface area contributed by atoms with Gasteiger partial charge in [0.25, 0.3) is 5.91 Å². The number of alkyl carbamates (subject to hydrolysis) is 1. The van der Waals surface area contributed by atoms with Crippen LogP contribution < -0.4 is 16.4 Å². The van der Waals surface area contributed by atoms with E-state index in [1.807, 2.05) is 0 Å². The summed E-state index contributed by atoms with van der Waals surface area (Å²) >= 11 is 0. The molecular weight excluding hydrogens is 594 g/mol. The van der Waals surface area contributed by atoms with Crippen LogP contribution in [-0.4, -0.2) is 84.4 Å². The number of carbonyl (C=O) groups excluding carboxylic acids is 5. The quantitative estimate of drug-likeness (QED) is 0.276. The summed E-state index contributed by atoms with van der Waals surface area (Å²) in [6, 6.07) is -2.58. The molecule has 3 aliphatic rings. The van der Waals surface area contributed by atoms with Crippen LogP contribution in [0.5, 0.6) is 0 Å². The first-order valence-corrected chi connectivity index (χ1v) is 16.6. The zero-order valence-electron chi connectivity index (χ0n) is 27.8. The van der Waals surface area contributed by atoms with E-state index in [1.165, 1.54) is 15.8 Å². The van der Waals surface area contributed by atoms with E-state index in [1.54, 1.807) is 34.6 Å². The lowest BCUT2D eigenvalue weighted by Crippen LogP contribution is -2.62. The van der Waals surface area contributed by atoms with Crippen molar-refractivity contribution < 1.29 is 33.8 Å². The van der Waals surface area contributed by atoms with Crippen molar-refractivity contribution in [2.45, 2.75) is 147 Å². The van der Waals surface area contributed by atoms with Gasteiger partial charge in [-0.05, 0) is 59.8 Å². The van der Waals surface area contributed by atoms with Crippen molar-refractivity contribution in [2.24, 2.45) is 11.7 Å². The Morgan fingerprint density at radius 3 is 2.26 bits per heavy atom. The van der Waals surface area contributed by atoms with Crippen LogP contribution in [0.1, 0.15) is 123 Å². The molecule has 4 amide bonds. The van der Waals surface area contributed by atoms with E-state index >= 15 is 0 Å². The lowest BCUT2D eigenvalue weighted by molar-refractivity contribution is -0.145. The van der Waals surface area contributed by atoms with Gasteiger partial charge in [0, 0.05) is 13.0 Å². The summed E-state index contributed by atoms with van der Waals surface area (Å²) < 4.78 is 7.03. The molecule has 0 aromatic carbocycles. The van der Waals surface area contributed by atoms with Gasteiger partial charge in [0.2, 0.25) is 17.6 Å². The number of primary amides is 1. The largest absolute Gasteiger partial charge is 0.444 e. The Bertz CT molecular complexity index is 1290. The summed E-state index contributed by atoms with van der Waals surface area (Å²) in [6.45, 7) is 8.45. The van der Waals surface area contributed by atoms with Crippen LogP contribution in [0.15, 0.2) is 6.20 Å². The fraction of sp³-hybridized carbons (Fsp3) is 0.781. The second-order valence-electron chi connectivity index (χ2n) is 14.8. The zero-order valence-corrected chi connectivity index (χ0v) is 27.8. The number of nitrogens with one attached hydrogen (secondary N) is 2. The maximum Gasteiger partial charge on any atom is 0.408 e. The van der Waals surface area contributed by atoms with Gasteiger partial charge in [-0.2, -0.15) is 0 Å². The predicted molar refractivity (Wildman–Crippen MR) is 167 cm³/mol. The Kier molecular flexibility index (Phi) is 10.8. The van der Waals surface area contributed by atoms with Gasteiger partial charge in [-0.3, -0.25) is 19.2 Å². The maximum absolute atomic E-state index is 14.5. The van der Waals surface area contributed by atoms with E-state index in [9.17, 15) is 29.1 Å². The molecular formula is C32H51N7O7. The van der Waals surface area contributed by atoms with Crippen molar-refractivity contribution in [3.05, 3.63) is 11.9 Å². The summed E-state index contributed by atoms with van der Waals surface area (Å²) in [6.07, 6.45) is 8.90. The van der Waals surface area contributed by atoms with E-state index < -0.39 is 64.5 Å². The van der Waals surface area contributed by atoms with Gasteiger partial charge in [0.05, 0.1) is 17.9 Å². The highest BCUT2D eigenvalue weighted by molar-refractivity contribution is 6.39. The number of nitrogens with zero attached hydrogens (tertiary/aromatic N) is 4. The van der Waals surface area contributed by atoms with Gasteiger partial charge in [-0.25, -0.2) is 9.48 Å². The fourth-order valence-electron chi connectivity index (χ4n) is 7.18. The average Bonchev–Trinajstić information content (AvgIpc) is 3.64. The third-order valence-corrected chi connectivity index (χ3v) is 9.42. The van der Waals surface area contributed by atoms with Crippen LogP contribution in [-0.2, 0) is 29.5 Å². The Hall–Kier alpha value is -3.55. The van der Waals surface area contributed by atoms with Gasteiger partial charge in [-0.1, -0.05) is 56.6 Å². The standard InChI is InChI=1S/C32H51N7O7/c1-30(2,3)46-29(44)35-22(16-20-12-8-6-9-13-20)28(43)38-19-21(39-24(18-34-37-39)31(4,5)45)17-23(38)27(42)36-32(25(40)26(33)41)14-10-7-11-15-32/h18,20-23,45H,6-17,19H2,1-5H3,(H2,33,41)(H,35,44)(H,36,42)/t21-,22+,23-/m0/s1. The molecule has 0 bridgehead atoms. The first-order chi connectivity index (χ1) is 21.5. The normalized spacial score (nSPS) is 23.0. The smallest absolute Gasteiger partial charge is 0.408 e. The van der Waals surface area contributed by atoms with Gasteiger partial charge in [0.1, 0.15) is 28.8 Å². The van der Waals surface area contributed by atoms with Crippen LogP contribution in [0.3, 0.4) is 0 Å². The van der Waals surface area contributed by atoms with E-state index in [2.05, 4.69) is 20.9 Å². The van der Waals surface area contributed by atoms with Crippen LogP contribution in [0.4, 0.5) is 4.79 Å². The number of Topliss-reactive ketones (excluding diaryl/α,β-unsaturated/α-hetero) is 1. The van der Waals surface area contributed by atoms with E-state index in [-0.39, 0.29) is 31.7 Å². The Balaban J connectivity index is 1.68. The minimum absolute atomic E-state index is 0.0390. The van der Waals surface area contributed by atoms with Gasteiger partial charge in [0.15, 0.2) is 0 Å². The molecule has 14 nitrogen and oxygen atoms in total. The summed E-state index contributed by atoms with van der Waals surface area (Å²) in [5, 5.41) is 24.6. The molecule has 3 atom stereocenters. The number of carbonyl (C=O) groups is 5. The number of hydrogen-bond donors (Lipinski definition) is 4. The SMILES string of the molecule is CC(C)(C)OC(=O)N[C@H](CC1CCCCC1)C(=O)N1C[C@@H](n2nncc2C(C)(C)O)C[C@H]1C(=O)NC1(C(=O)C(N)=O)CCCCC1. The molecule has 3 fully saturated rings. The number of amides is 4. The monoisotopic (exact) mass is 645 g/mol. The number of aromatic nitrogens is 3. The number of rotatable bonds is 10. The summed E-state index contributed by atoms with van der Waals surface area (Å²) in [7, 11) is 0. The first kappa shape index (κ1) is 35.3. The van der Waals surface area contributed by atoms with Crippen molar-refractivity contribution in [3.8, 4) is 0 Å². The molecule has 5 N–H and O–H groups in total. The van der Waals surface area contributed by atoms with E-state index in [0.29, 0.717) is 25.0 Å². The number of aliphatic hydroxyl groups is 1. The van der Waals surface area contributed by atoms with Gasteiger partial charge < -0.3 is 31.1 Å². The van der Waals surface area contributed by atoms with Crippen molar-refractivity contribution in [2.75, 3.05) is 6.54 Å². The molecule has 1 saturated heterocycles. The molecule has 1 aliphatic heterocycles. The third kappa shape index (κ3) is 8.42. The van der Waals surface area contributed by atoms with Crippen molar-refractivity contribution in [1.82, 2.24) is 30.5 Å². The zero-order chi connectivity index (χ0) is 33.9. The molecule has 1 aromatic rings. The minimum Gasteiger partial charge on any atom is -0.444 e. The number of nitrogens with two attached hydrogens (primary N) is 1. The highest BCUT2D eigenvalue weighted by Crippen LogP contribution is 2.35. The van der Waals surface area contributed by atoms with E-state index in [0.717, 1.165) is 38.5 Å². The van der Waals surface area contributed by atoms with Crippen LogP contribution in [0.25, 0.3) is 0 Å². The molecule has 256 valence electrons. The molecule has 2 heterocycles.